The number of aromatic nitrogens is 2. The maximum Gasteiger partial charge on any atom is 0.148 e. The Labute approximate surface area is 92.9 Å². The summed E-state index contributed by atoms with van der Waals surface area (Å²) in [6, 6.07) is 6.71. The van der Waals surface area contributed by atoms with Gasteiger partial charge in [-0.25, -0.2) is 9.07 Å². The Balaban J connectivity index is 2.13. The molecule has 0 bridgehead atoms. The summed E-state index contributed by atoms with van der Waals surface area (Å²) in [5.74, 6) is -0.237. The molecule has 1 N–H and O–H groups in total. The van der Waals surface area contributed by atoms with Crippen LogP contribution >= 0.6 is 0 Å². The molecule has 0 fully saturated rings. The van der Waals surface area contributed by atoms with Gasteiger partial charge in [-0.05, 0) is 25.0 Å². The molecular formula is C12H12FN3. The van der Waals surface area contributed by atoms with E-state index in [0.717, 1.165) is 30.8 Å². The van der Waals surface area contributed by atoms with Crippen LogP contribution < -0.4 is 5.32 Å². The van der Waals surface area contributed by atoms with Crippen LogP contribution in [-0.4, -0.2) is 16.3 Å². The first kappa shape index (κ1) is 9.39. The molecule has 3 rings (SSSR count). The van der Waals surface area contributed by atoms with Crippen molar-refractivity contribution in [2.45, 2.75) is 12.8 Å². The van der Waals surface area contributed by atoms with Crippen LogP contribution in [0.4, 0.5) is 10.1 Å². The van der Waals surface area contributed by atoms with Crippen LogP contribution in [-0.2, 0) is 6.42 Å². The van der Waals surface area contributed by atoms with Crippen LogP contribution in [0, 0.1) is 5.82 Å². The lowest BCUT2D eigenvalue weighted by molar-refractivity contribution is 0.604. The number of para-hydroxylation sites is 1. The van der Waals surface area contributed by atoms with Gasteiger partial charge in [-0.2, -0.15) is 5.10 Å². The van der Waals surface area contributed by atoms with E-state index in [9.17, 15) is 4.39 Å². The van der Waals surface area contributed by atoms with Gasteiger partial charge in [0.2, 0.25) is 0 Å². The second kappa shape index (κ2) is 3.63. The number of rotatable bonds is 1. The van der Waals surface area contributed by atoms with Crippen molar-refractivity contribution in [3.05, 3.63) is 42.0 Å². The van der Waals surface area contributed by atoms with Crippen LogP contribution in [0.25, 0.3) is 5.69 Å². The predicted octanol–water partition coefficient (Wildman–Crippen LogP) is 2.37. The number of nitrogens with one attached hydrogen (secondary N) is 1. The fourth-order valence-corrected chi connectivity index (χ4v) is 2.07. The van der Waals surface area contributed by atoms with E-state index in [1.165, 1.54) is 6.07 Å². The van der Waals surface area contributed by atoms with Gasteiger partial charge in [-0.3, -0.25) is 0 Å². The molecule has 1 aliphatic rings. The zero-order chi connectivity index (χ0) is 11.0. The molecular weight excluding hydrogens is 205 g/mol. The summed E-state index contributed by atoms with van der Waals surface area (Å²) < 4.78 is 15.3. The van der Waals surface area contributed by atoms with Gasteiger partial charge in [0.1, 0.15) is 11.5 Å². The summed E-state index contributed by atoms with van der Waals surface area (Å²) in [5, 5.41) is 7.51. The molecule has 0 spiro atoms. The van der Waals surface area contributed by atoms with Crippen molar-refractivity contribution in [3.63, 3.8) is 0 Å². The lowest BCUT2D eigenvalue weighted by Gasteiger charge is -2.15. The fraction of sp³-hybridized carbons (Fsp3) is 0.250. The molecule has 16 heavy (non-hydrogen) atoms. The zero-order valence-electron chi connectivity index (χ0n) is 8.78. The van der Waals surface area contributed by atoms with Crippen molar-refractivity contribution in [3.8, 4) is 5.69 Å². The minimum atomic E-state index is -0.237. The third-order valence-corrected chi connectivity index (χ3v) is 2.86. The van der Waals surface area contributed by atoms with Gasteiger partial charge in [-0.1, -0.05) is 12.1 Å². The molecule has 0 atom stereocenters. The van der Waals surface area contributed by atoms with Gasteiger partial charge in [0.05, 0.1) is 17.6 Å². The summed E-state index contributed by atoms with van der Waals surface area (Å²) in [6.45, 7) is 0.968. The predicted molar refractivity (Wildman–Crippen MR) is 60.3 cm³/mol. The summed E-state index contributed by atoms with van der Waals surface area (Å²) in [4.78, 5) is 0. The Hall–Kier alpha value is -1.84. The highest BCUT2D eigenvalue weighted by atomic mass is 19.1. The number of hydrogen-bond acceptors (Lipinski definition) is 2. The number of halogens is 1. The molecule has 1 aromatic carbocycles. The first-order chi connectivity index (χ1) is 7.86. The summed E-state index contributed by atoms with van der Waals surface area (Å²) >= 11 is 0. The minimum absolute atomic E-state index is 0.237. The van der Waals surface area contributed by atoms with E-state index in [-0.39, 0.29) is 5.82 Å². The van der Waals surface area contributed by atoms with Crippen molar-refractivity contribution in [2.24, 2.45) is 0 Å². The minimum Gasteiger partial charge on any atom is -0.382 e. The van der Waals surface area contributed by atoms with Crippen LogP contribution in [0.5, 0.6) is 0 Å². The number of fused-ring (bicyclic) bond motifs is 1. The molecule has 0 unspecified atom stereocenters. The van der Waals surface area contributed by atoms with Crippen molar-refractivity contribution in [1.82, 2.24) is 9.78 Å². The molecule has 4 heteroatoms. The molecule has 0 amide bonds. The van der Waals surface area contributed by atoms with Gasteiger partial charge < -0.3 is 5.32 Å². The molecule has 1 aliphatic heterocycles. The zero-order valence-corrected chi connectivity index (χ0v) is 8.78. The molecule has 0 saturated carbocycles. The number of hydrogen-bond donors (Lipinski definition) is 1. The molecule has 2 aromatic rings. The average molecular weight is 217 g/mol. The molecule has 3 nitrogen and oxygen atoms in total. The van der Waals surface area contributed by atoms with Gasteiger partial charge in [0.15, 0.2) is 0 Å². The van der Waals surface area contributed by atoms with E-state index in [2.05, 4.69) is 10.4 Å². The molecule has 82 valence electrons. The first-order valence-electron chi connectivity index (χ1n) is 5.42. The van der Waals surface area contributed by atoms with E-state index in [1.54, 1.807) is 23.0 Å². The van der Waals surface area contributed by atoms with Gasteiger partial charge in [0, 0.05) is 6.54 Å². The fourth-order valence-electron chi connectivity index (χ4n) is 2.07. The van der Waals surface area contributed by atoms with Crippen LogP contribution in [0.15, 0.2) is 30.5 Å². The largest absolute Gasteiger partial charge is 0.382 e. The van der Waals surface area contributed by atoms with E-state index < -0.39 is 0 Å². The highest BCUT2D eigenvalue weighted by molar-refractivity contribution is 5.51. The normalized spacial score (nSPS) is 14.3. The maximum atomic E-state index is 13.6. The van der Waals surface area contributed by atoms with Gasteiger partial charge in [-0.15, -0.1) is 0 Å². The topological polar surface area (TPSA) is 29.9 Å². The van der Waals surface area contributed by atoms with Crippen LogP contribution in [0.1, 0.15) is 12.1 Å². The maximum absolute atomic E-state index is 13.6. The van der Waals surface area contributed by atoms with Crippen molar-refractivity contribution >= 4 is 5.69 Å². The summed E-state index contributed by atoms with van der Waals surface area (Å²) in [6.07, 6.45) is 3.77. The third kappa shape index (κ3) is 1.38. The lowest BCUT2D eigenvalue weighted by atomic mass is 10.1. The molecule has 2 heterocycles. The van der Waals surface area contributed by atoms with Gasteiger partial charge >= 0.3 is 0 Å². The Morgan fingerprint density at radius 1 is 1.31 bits per heavy atom. The second-order valence-corrected chi connectivity index (χ2v) is 3.90. The van der Waals surface area contributed by atoms with Crippen molar-refractivity contribution < 1.29 is 4.39 Å². The molecule has 0 radical (unpaired) electrons. The molecule has 0 saturated heterocycles. The summed E-state index contributed by atoms with van der Waals surface area (Å²) in [7, 11) is 0. The first-order valence-corrected chi connectivity index (χ1v) is 5.42. The third-order valence-electron chi connectivity index (χ3n) is 2.86. The van der Waals surface area contributed by atoms with E-state index >= 15 is 0 Å². The van der Waals surface area contributed by atoms with Crippen LogP contribution in [0.3, 0.4) is 0 Å². The molecule has 1 aromatic heterocycles. The van der Waals surface area contributed by atoms with Crippen molar-refractivity contribution in [2.75, 3.05) is 11.9 Å². The van der Waals surface area contributed by atoms with E-state index in [0.29, 0.717) is 5.69 Å². The Bertz CT molecular complexity index is 519. The van der Waals surface area contributed by atoms with Crippen molar-refractivity contribution in [1.29, 1.82) is 0 Å². The van der Waals surface area contributed by atoms with E-state index in [1.807, 2.05) is 6.07 Å². The highest BCUT2D eigenvalue weighted by Crippen LogP contribution is 2.24. The van der Waals surface area contributed by atoms with Gasteiger partial charge in [0.25, 0.3) is 0 Å². The Morgan fingerprint density at radius 3 is 3.06 bits per heavy atom. The highest BCUT2D eigenvalue weighted by Gasteiger charge is 2.16. The van der Waals surface area contributed by atoms with Crippen LogP contribution in [0.2, 0.25) is 0 Å². The quantitative estimate of drug-likeness (QED) is 0.794. The monoisotopic (exact) mass is 217 g/mol. The molecule has 0 aliphatic carbocycles. The smallest absolute Gasteiger partial charge is 0.148 e. The van der Waals surface area contributed by atoms with E-state index in [4.69, 9.17) is 0 Å². The lowest BCUT2D eigenvalue weighted by Crippen LogP contribution is -2.14. The Kier molecular flexibility index (Phi) is 2.13. The Morgan fingerprint density at radius 2 is 2.19 bits per heavy atom. The number of benzene rings is 1. The number of anilines is 1. The average Bonchev–Trinajstić information content (AvgIpc) is 2.74. The standard InChI is InChI=1S/C12H12FN3/c13-9-4-1-2-5-11(9)16-12-6-3-7-14-10(12)8-15-16/h1-2,4-5,8,14H,3,6-7H2. The summed E-state index contributed by atoms with van der Waals surface area (Å²) in [5.41, 5.74) is 2.61. The number of nitrogens with zero attached hydrogens (tertiary/aromatic N) is 2. The SMILES string of the molecule is Fc1ccccc1-n1ncc2c1CCCN2. The second-order valence-electron chi connectivity index (χ2n) is 3.90.